The molecule has 0 spiro atoms. The second kappa shape index (κ2) is 6.76. The second-order valence-electron chi connectivity index (χ2n) is 5.77. The first kappa shape index (κ1) is 16.0. The number of H-pyrrole nitrogens is 1. The average molecular weight is 346 g/mol. The second-order valence-corrected chi connectivity index (χ2v) is 5.77. The number of benzene rings is 1. The Kier molecular flexibility index (Phi) is 4.15. The summed E-state index contributed by atoms with van der Waals surface area (Å²) in [6, 6.07) is 13.6. The molecule has 4 rings (SSSR count). The molecule has 3 aromatic heterocycles. The van der Waals surface area contributed by atoms with E-state index in [2.05, 4.69) is 26.3 Å². The molecule has 0 aliphatic rings. The molecule has 0 bridgehead atoms. The van der Waals surface area contributed by atoms with Crippen molar-refractivity contribution in [2.24, 2.45) is 0 Å². The minimum Gasteiger partial charge on any atom is -0.497 e. The van der Waals surface area contributed by atoms with Gasteiger partial charge in [0.2, 0.25) is 0 Å². The van der Waals surface area contributed by atoms with E-state index in [1.807, 2.05) is 36.4 Å². The molecule has 0 fully saturated rings. The first-order chi connectivity index (χ1) is 12.8. The lowest BCUT2D eigenvalue weighted by Crippen LogP contribution is -1.93. The fraction of sp³-hybridized carbons (Fsp3) is 0.100. The molecule has 0 aliphatic carbocycles. The Balaban J connectivity index is 1.78. The number of fused-ring (bicyclic) bond motifs is 1. The van der Waals surface area contributed by atoms with Gasteiger partial charge in [-0.3, -0.25) is 4.98 Å². The molecular weight excluding hydrogens is 328 g/mol. The van der Waals surface area contributed by atoms with Gasteiger partial charge in [0.25, 0.3) is 0 Å². The summed E-state index contributed by atoms with van der Waals surface area (Å²) < 4.78 is 10.7. The molecule has 1 aromatic carbocycles. The zero-order valence-corrected chi connectivity index (χ0v) is 14.5. The molecule has 0 amide bonds. The summed E-state index contributed by atoms with van der Waals surface area (Å²) in [6.07, 6.45) is 5.26. The number of methoxy groups -OCH3 is 2. The highest BCUT2D eigenvalue weighted by Crippen LogP contribution is 2.33. The van der Waals surface area contributed by atoms with Crippen LogP contribution < -0.4 is 14.8 Å². The molecule has 3 heterocycles. The summed E-state index contributed by atoms with van der Waals surface area (Å²) in [4.78, 5) is 11.9. The lowest BCUT2D eigenvalue weighted by atomic mass is 10.1. The number of hydrogen-bond donors (Lipinski definition) is 2. The highest BCUT2D eigenvalue weighted by molar-refractivity contribution is 5.95. The highest BCUT2D eigenvalue weighted by atomic mass is 16.5. The number of nitrogens with one attached hydrogen (secondary N) is 2. The molecule has 0 unspecified atom stereocenters. The van der Waals surface area contributed by atoms with Crippen LogP contribution in [-0.4, -0.2) is 29.2 Å². The number of pyridine rings is 2. The van der Waals surface area contributed by atoms with E-state index in [1.54, 1.807) is 32.8 Å². The summed E-state index contributed by atoms with van der Waals surface area (Å²) in [5.41, 5.74) is 3.87. The maximum atomic E-state index is 5.37. The fourth-order valence-electron chi connectivity index (χ4n) is 2.84. The van der Waals surface area contributed by atoms with Gasteiger partial charge in [0.05, 0.1) is 19.7 Å². The molecular formula is C20H18N4O2. The van der Waals surface area contributed by atoms with E-state index in [-0.39, 0.29) is 0 Å². The van der Waals surface area contributed by atoms with Crippen molar-refractivity contribution in [3.05, 3.63) is 61.1 Å². The standard InChI is InChI=1S/C20H18N4O2/c1-25-15-9-13(10-16(11-15)26-2)19-12-17-18(24-19)5-8-22-20(17)23-14-3-6-21-7-4-14/h3-12,24H,1-2H3,(H,21,22,23). The van der Waals surface area contributed by atoms with Crippen LogP contribution in [0.5, 0.6) is 11.5 Å². The van der Waals surface area contributed by atoms with Crippen molar-refractivity contribution >= 4 is 22.4 Å². The summed E-state index contributed by atoms with van der Waals surface area (Å²) in [7, 11) is 3.29. The van der Waals surface area contributed by atoms with Gasteiger partial charge in [0.15, 0.2) is 0 Å². The van der Waals surface area contributed by atoms with Crippen LogP contribution in [0.3, 0.4) is 0 Å². The van der Waals surface area contributed by atoms with Gasteiger partial charge in [-0.1, -0.05) is 0 Å². The predicted molar refractivity (Wildman–Crippen MR) is 102 cm³/mol. The van der Waals surface area contributed by atoms with Gasteiger partial charge in [-0.05, 0) is 36.4 Å². The Bertz CT molecular complexity index is 1020. The van der Waals surface area contributed by atoms with Crippen molar-refractivity contribution in [2.75, 3.05) is 19.5 Å². The van der Waals surface area contributed by atoms with Crippen LogP contribution in [0, 0.1) is 0 Å². The lowest BCUT2D eigenvalue weighted by Gasteiger charge is -2.07. The van der Waals surface area contributed by atoms with Gasteiger partial charge in [-0.25, -0.2) is 4.98 Å². The zero-order chi connectivity index (χ0) is 17.9. The zero-order valence-electron chi connectivity index (χ0n) is 14.5. The topological polar surface area (TPSA) is 72.1 Å². The van der Waals surface area contributed by atoms with Crippen molar-refractivity contribution < 1.29 is 9.47 Å². The molecule has 4 aromatic rings. The normalized spacial score (nSPS) is 10.7. The Morgan fingerprint density at radius 3 is 2.31 bits per heavy atom. The smallest absolute Gasteiger partial charge is 0.139 e. The van der Waals surface area contributed by atoms with Crippen molar-refractivity contribution in [2.45, 2.75) is 0 Å². The average Bonchev–Trinajstić information content (AvgIpc) is 3.14. The van der Waals surface area contributed by atoms with E-state index in [4.69, 9.17) is 9.47 Å². The van der Waals surface area contributed by atoms with E-state index in [9.17, 15) is 0 Å². The SMILES string of the molecule is COc1cc(OC)cc(-c2cc3c(Nc4ccncc4)nccc3[nH]2)c1. The summed E-state index contributed by atoms with van der Waals surface area (Å²) in [5, 5.41) is 4.34. The number of rotatable bonds is 5. The molecule has 26 heavy (non-hydrogen) atoms. The maximum absolute atomic E-state index is 5.37. The summed E-state index contributed by atoms with van der Waals surface area (Å²) in [5.74, 6) is 2.27. The fourth-order valence-corrected chi connectivity index (χ4v) is 2.84. The molecule has 6 heteroatoms. The van der Waals surface area contributed by atoms with Crippen molar-refractivity contribution in [1.82, 2.24) is 15.0 Å². The van der Waals surface area contributed by atoms with E-state index >= 15 is 0 Å². The Morgan fingerprint density at radius 1 is 0.885 bits per heavy atom. The lowest BCUT2D eigenvalue weighted by molar-refractivity contribution is 0.394. The monoisotopic (exact) mass is 346 g/mol. The molecule has 0 saturated carbocycles. The molecule has 0 atom stereocenters. The first-order valence-corrected chi connectivity index (χ1v) is 8.15. The number of hydrogen-bond acceptors (Lipinski definition) is 5. The van der Waals surface area contributed by atoms with Gasteiger partial charge in [-0.15, -0.1) is 0 Å². The van der Waals surface area contributed by atoms with E-state index in [0.717, 1.165) is 45.2 Å². The number of aromatic nitrogens is 3. The third-order valence-corrected chi connectivity index (χ3v) is 4.15. The van der Waals surface area contributed by atoms with Crippen LogP contribution in [0.25, 0.3) is 22.2 Å². The van der Waals surface area contributed by atoms with E-state index < -0.39 is 0 Å². The minimum atomic E-state index is 0.742. The van der Waals surface area contributed by atoms with Crippen molar-refractivity contribution in [3.8, 4) is 22.8 Å². The largest absolute Gasteiger partial charge is 0.497 e. The third kappa shape index (κ3) is 3.04. The minimum absolute atomic E-state index is 0.742. The van der Waals surface area contributed by atoms with Crippen molar-refractivity contribution in [3.63, 3.8) is 0 Å². The number of nitrogens with zero attached hydrogens (tertiary/aromatic N) is 2. The Morgan fingerprint density at radius 2 is 1.62 bits per heavy atom. The number of ether oxygens (including phenoxy) is 2. The van der Waals surface area contributed by atoms with E-state index in [1.165, 1.54) is 0 Å². The van der Waals surface area contributed by atoms with Crippen molar-refractivity contribution in [1.29, 1.82) is 0 Å². The van der Waals surface area contributed by atoms with Crippen LogP contribution in [0.1, 0.15) is 0 Å². The Labute approximate surface area is 150 Å². The van der Waals surface area contributed by atoms with Crippen LogP contribution >= 0.6 is 0 Å². The van der Waals surface area contributed by atoms with Gasteiger partial charge in [-0.2, -0.15) is 0 Å². The first-order valence-electron chi connectivity index (χ1n) is 8.15. The van der Waals surface area contributed by atoms with Gasteiger partial charge >= 0.3 is 0 Å². The van der Waals surface area contributed by atoms with Gasteiger partial charge in [0, 0.05) is 47.0 Å². The molecule has 2 N–H and O–H groups in total. The van der Waals surface area contributed by atoms with Crippen LogP contribution in [-0.2, 0) is 0 Å². The summed E-state index contributed by atoms with van der Waals surface area (Å²) in [6.45, 7) is 0. The quantitative estimate of drug-likeness (QED) is 0.561. The molecule has 6 nitrogen and oxygen atoms in total. The number of anilines is 2. The molecule has 130 valence electrons. The third-order valence-electron chi connectivity index (χ3n) is 4.15. The van der Waals surface area contributed by atoms with Gasteiger partial charge in [0.1, 0.15) is 17.3 Å². The molecule has 0 aliphatic heterocycles. The predicted octanol–water partition coefficient (Wildman–Crippen LogP) is 4.39. The summed E-state index contributed by atoms with van der Waals surface area (Å²) >= 11 is 0. The van der Waals surface area contributed by atoms with Crippen LogP contribution in [0.15, 0.2) is 61.1 Å². The van der Waals surface area contributed by atoms with Gasteiger partial charge < -0.3 is 19.8 Å². The van der Waals surface area contributed by atoms with Crippen LogP contribution in [0.2, 0.25) is 0 Å². The molecule has 0 radical (unpaired) electrons. The number of aromatic amines is 1. The highest BCUT2D eigenvalue weighted by Gasteiger charge is 2.11. The van der Waals surface area contributed by atoms with Crippen LogP contribution in [0.4, 0.5) is 11.5 Å². The molecule has 0 saturated heterocycles. The Hall–Kier alpha value is -3.54. The maximum Gasteiger partial charge on any atom is 0.139 e. The van der Waals surface area contributed by atoms with E-state index in [0.29, 0.717) is 0 Å².